The van der Waals surface area contributed by atoms with Crippen molar-refractivity contribution in [3.63, 3.8) is 0 Å². The third-order valence-corrected chi connectivity index (χ3v) is 4.34. The highest BCUT2D eigenvalue weighted by Crippen LogP contribution is 2.24. The standard InChI is InChI=1S/C23H22N4O/c1-23(2,3)18-9-11-19(12-10-18)26-22(28)17-8-13-21(25-15-17)27-20-7-5-4-6-16(20)14-24/h4-13,15H,1-3H3,(H,25,27)(H,26,28). The van der Waals surface area contributed by atoms with E-state index in [9.17, 15) is 4.79 Å². The van der Waals surface area contributed by atoms with Crippen LogP contribution < -0.4 is 10.6 Å². The summed E-state index contributed by atoms with van der Waals surface area (Å²) in [6, 6.07) is 20.6. The summed E-state index contributed by atoms with van der Waals surface area (Å²) in [6.45, 7) is 6.45. The summed E-state index contributed by atoms with van der Waals surface area (Å²) < 4.78 is 0. The molecule has 0 bridgehead atoms. The molecule has 3 rings (SSSR count). The molecule has 5 nitrogen and oxygen atoms in total. The van der Waals surface area contributed by atoms with Crippen molar-refractivity contribution in [3.8, 4) is 6.07 Å². The third-order valence-electron chi connectivity index (χ3n) is 4.34. The first kappa shape index (κ1) is 19.1. The number of nitriles is 1. The van der Waals surface area contributed by atoms with E-state index >= 15 is 0 Å². The van der Waals surface area contributed by atoms with Crippen LogP contribution in [0.15, 0.2) is 66.9 Å². The van der Waals surface area contributed by atoms with Gasteiger partial charge in [-0.1, -0.05) is 45.0 Å². The number of nitrogens with zero attached hydrogens (tertiary/aromatic N) is 2. The van der Waals surface area contributed by atoms with Gasteiger partial charge in [0.2, 0.25) is 0 Å². The smallest absolute Gasteiger partial charge is 0.257 e. The number of amides is 1. The summed E-state index contributed by atoms with van der Waals surface area (Å²) in [6.07, 6.45) is 1.51. The van der Waals surface area contributed by atoms with Crippen molar-refractivity contribution in [1.29, 1.82) is 5.26 Å². The van der Waals surface area contributed by atoms with Gasteiger partial charge in [-0.15, -0.1) is 0 Å². The fraction of sp³-hybridized carbons (Fsp3) is 0.174. The highest BCUT2D eigenvalue weighted by atomic mass is 16.1. The molecule has 0 aliphatic rings. The van der Waals surface area contributed by atoms with Gasteiger partial charge in [-0.25, -0.2) is 4.98 Å². The summed E-state index contributed by atoms with van der Waals surface area (Å²) >= 11 is 0. The normalized spacial score (nSPS) is 10.8. The number of nitrogens with one attached hydrogen (secondary N) is 2. The van der Waals surface area contributed by atoms with Crippen LogP contribution in [0.1, 0.15) is 42.3 Å². The van der Waals surface area contributed by atoms with Crippen LogP contribution in [0.5, 0.6) is 0 Å². The topological polar surface area (TPSA) is 77.8 Å². The molecule has 1 amide bonds. The number of anilines is 3. The highest BCUT2D eigenvalue weighted by Gasteiger charge is 2.13. The number of pyridine rings is 1. The van der Waals surface area contributed by atoms with E-state index in [2.05, 4.69) is 42.5 Å². The lowest BCUT2D eigenvalue weighted by molar-refractivity contribution is 0.102. The van der Waals surface area contributed by atoms with E-state index in [0.29, 0.717) is 22.6 Å². The van der Waals surface area contributed by atoms with E-state index in [4.69, 9.17) is 5.26 Å². The summed E-state index contributed by atoms with van der Waals surface area (Å²) in [5.74, 6) is 0.341. The maximum absolute atomic E-state index is 12.5. The Kier molecular flexibility index (Phi) is 5.42. The number of rotatable bonds is 4. The summed E-state index contributed by atoms with van der Waals surface area (Å²) in [4.78, 5) is 16.7. The molecule has 0 saturated heterocycles. The van der Waals surface area contributed by atoms with Crippen LogP contribution in [-0.4, -0.2) is 10.9 Å². The molecule has 0 saturated carbocycles. The highest BCUT2D eigenvalue weighted by molar-refractivity contribution is 6.04. The predicted octanol–water partition coefficient (Wildman–Crippen LogP) is 5.25. The van der Waals surface area contributed by atoms with Gasteiger partial charge in [0, 0.05) is 11.9 Å². The number of hydrogen-bond donors (Lipinski definition) is 2. The summed E-state index contributed by atoms with van der Waals surface area (Å²) in [7, 11) is 0. The number of hydrogen-bond acceptors (Lipinski definition) is 4. The molecule has 0 spiro atoms. The first-order chi connectivity index (χ1) is 13.4. The Morgan fingerprint density at radius 1 is 1.00 bits per heavy atom. The van der Waals surface area contributed by atoms with Gasteiger partial charge in [0.25, 0.3) is 5.91 Å². The van der Waals surface area contributed by atoms with Gasteiger partial charge in [-0.2, -0.15) is 5.26 Å². The minimum atomic E-state index is -0.222. The molecule has 0 atom stereocenters. The Morgan fingerprint density at radius 2 is 1.71 bits per heavy atom. The average Bonchev–Trinajstić information content (AvgIpc) is 2.68. The van der Waals surface area contributed by atoms with E-state index in [-0.39, 0.29) is 11.3 Å². The van der Waals surface area contributed by atoms with Crippen molar-refractivity contribution >= 4 is 23.1 Å². The summed E-state index contributed by atoms with van der Waals surface area (Å²) in [5, 5.41) is 15.1. The predicted molar refractivity (Wildman–Crippen MR) is 112 cm³/mol. The average molecular weight is 370 g/mol. The molecule has 28 heavy (non-hydrogen) atoms. The number of carbonyl (C=O) groups excluding carboxylic acids is 1. The number of aromatic nitrogens is 1. The molecule has 0 aliphatic carbocycles. The maximum Gasteiger partial charge on any atom is 0.257 e. The molecule has 0 unspecified atom stereocenters. The second-order valence-corrected chi connectivity index (χ2v) is 7.50. The molecule has 0 aliphatic heterocycles. The van der Waals surface area contributed by atoms with E-state index in [1.54, 1.807) is 24.3 Å². The van der Waals surface area contributed by atoms with E-state index < -0.39 is 0 Å². The molecule has 1 heterocycles. The molecule has 5 heteroatoms. The van der Waals surface area contributed by atoms with Crippen molar-refractivity contribution < 1.29 is 4.79 Å². The quantitative estimate of drug-likeness (QED) is 0.658. The summed E-state index contributed by atoms with van der Waals surface area (Å²) in [5.41, 5.74) is 3.68. The van der Waals surface area contributed by atoms with Crippen molar-refractivity contribution in [3.05, 3.63) is 83.6 Å². The molecule has 2 N–H and O–H groups in total. The third kappa shape index (κ3) is 4.54. The Bertz CT molecular complexity index is 1010. The Morgan fingerprint density at radius 3 is 2.32 bits per heavy atom. The molecule has 140 valence electrons. The number of benzene rings is 2. The van der Waals surface area contributed by atoms with Crippen molar-refractivity contribution in [2.24, 2.45) is 0 Å². The second-order valence-electron chi connectivity index (χ2n) is 7.50. The molecular formula is C23H22N4O. The molecule has 1 aromatic heterocycles. The lowest BCUT2D eigenvalue weighted by Gasteiger charge is -2.19. The molecule has 0 radical (unpaired) electrons. The molecule has 3 aromatic rings. The number of carbonyl (C=O) groups is 1. The Labute approximate surface area is 165 Å². The minimum Gasteiger partial charge on any atom is -0.339 e. The Balaban J connectivity index is 1.68. The monoisotopic (exact) mass is 370 g/mol. The zero-order chi connectivity index (χ0) is 20.1. The molecular weight excluding hydrogens is 348 g/mol. The molecule has 2 aromatic carbocycles. The van der Waals surface area contributed by atoms with Crippen LogP contribution in [0.25, 0.3) is 0 Å². The van der Waals surface area contributed by atoms with Gasteiger partial charge in [-0.3, -0.25) is 4.79 Å². The van der Waals surface area contributed by atoms with Crippen LogP contribution in [0.3, 0.4) is 0 Å². The van der Waals surface area contributed by atoms with Crippen molar-refractivity contribution in [1.82, 2.24) is 4.98 Å². The lowest BCUT2D eigenvalue weighted by Crippen LogP contribution is -2.14. The zero-order valence-corrected chi connectivity index (χ0v) is 16.2. The van der Waals surface area contributed by atoms with Gasteiger partial charge in [0.05, 0.1) is 16.8 Å². The van der Waals surface area contributed by atoms with Crippen LogP contribution >= 0.6 is 0 Å². The van der Waals surface area contributed by atoms with Gasteiger partial charge in [0.1, 0.15) is 11.9 Å². The first-order valence-corrected chi connectivity index (χ1v) is 9.01. The van der Waals surface area contributed by atoms with E-state index in [0.717, 1.165) is 5.69 Å². The van der Waals surface area contributed by atoms with Crippen molar-refractivity contribution in [2.45, 2.75) is 26.2 Å². The van der Waals surface area contributed by atoms with Gasteiger partial charge < -0.3 is 10.6 Å². The van der Waals surface area contributed by atoms with Gasteiger partial charge in [-0.05, 0) is 47.4 Å². The largest absolute Gasteiger partial charge is 0.339 e. The lowest BCUT2D eigenvalue weighted by atomic mass is 9.87. The SMILES string of the molecule is CC(C)(C)c1ccc(NC(=O)c2ccc(Nc3ccccc3C#N)nc2)cc1. The molecule has 0 fully saturated rings. The fourth-order valence-corrected chi connectivity index (χ4v) is 2.69. The number of para-hydroxylation sites is 1. The van der Waals surface area contributed by atoms with Crippen molar-refractivity contribution in [2.75, 3.05) is 10.6 Å². The fourth-order valence-electron chi connectivity index (χ4n) is 2.69. The Hall–Kier alpha value is -3.65. The maximum atomic E-state index is 12.5. The van der Waals surface area contributed by atoms with Crippen LogP contribution in [0.4, 0.5) is 17.2 Å². The van der Waals surface area contributed by atoms with Crippen LogP contribution in [0.2, 0.25) is 0 Å². The van der Waals surface area contributed by atoms with E-state index in [1.165, 1.54) is 11.8 Å². The van der Waals surface area contributed by atoms with Crippen LogP contribution in [-0.2, 0) is 5.41 Å². The minimum absolute atomic E-state index is 0.0689. The van der Waals surface area contributed by atoms with Crippen LogP contribution in [0, 0.1) is 11.3 Å². The van der Waals surface area contributed by atoms with E-state index in [1.807, 2.05) is 36.4 Å². The zero-order valence-electron chi connectivity index (χ0n) is 16.2. The first-order valence-electron chi connectivity index (χ1n) is 9.01. The van der Waals surface area contributed by atoms with Gasteiger partial charge >= 0.3 is 0 Å². The second kappa shape index (κ2) is 7.93. The van der Waals surface area contributed by atoms with Gasteiger partial charge in [0.15, 0.2) is 0 Å².